The monoisotopic (exact) mass is 359 g/mol. The summed E-state index contributed by atoms with van der Waals surface area (Å²) in [4.78, 5) is 11.6. The van der Waals surface area contributed by atoms with Crippen LogP contribution in [0.1, 0.15) is 50.5 Å². The van der Waals surface area contributed by atoms with Gasteiger partial charge in [0, 0.05) is 36.9 Å². The minimum atomic E-state index is 0.151. The van der Waals surface area contributed by atoms with E-state index in [0.717, 1.165) is 69.4 Å². The number of rotatable bonds is 4. The first-order chi connectivity index (χ1) is 12.7. The van der Waals surface area contributed by atoms with Gasteiger partial charge in [-0.15, -0.1) is 0 Å². The number of anilines is 1. The molecule has 0 amide bonds. The van der Waals surface area contributed by atoms with Gasteiger partial charge in [-0.1, -0.05) is 6.92 Å². The van der Waals surface area contributed by atoms with E-state index < -0.39 is 0 Å². The molecule has 1 aromatic rings. The van der Waals surface area contributed by atoms with Crippen LogP contribution in [-0.4, -0.2) is 60.4 Å². The fourth-order valence-electron chi connectivity index (χ4n) is 4.75. The zero-order valence-corrected chi connectivity index (χ0v) is 16.3. The zero-order valence-electron chi connectivity index (χ0n) is 16.3. The van der Waals surface area contributed by atoms with Crippen molar-refractivity contribution >= 4 is 5.82 Å². The summed E-state index contributed by atoms with van der Waals surface area (Å²) in [6.07, 6.45) is 6.82. The average Bonchev–Trinajstić information content (AvgIpc) is 3.04. The molecule has 3 fully saturated rings. The third kappa shape index (κ3) is 4.02. The van der Waals surface area contributed by atoms with Crippen LogP contribution in [0.2, 0.25) is 0 Å². The largest absolute Gasteiger partial charge is 0.373 e. The van der Waals surface area contributed by atoms with Crippen molar-refractivity contribution in [2.45, 2.75) is 70.1 Å². The normalized spacial score (nSPS) is 26.5. The highest BCUT2D eigenvalue weighted by Crippen LogP contribution is 2.34. The van der Waals surface area contributed by atoms with Gasteiger partial charge in [-0.3, -0.25) is 0 Å². The highest BCUT2D eigenvalue weighted by Gasteiger charge is 2.41. The molecule has 144 valence electrons. The Bertz CT molecular complexity index is 608. The molecule has 3 saturated heterocycles. The van der Waals surface area contributed by atoms with Crippen molar-refractivity contribution in [1.29, 1.82) is 0 Å². The number of nitrogens with zero attached hydrogens (tertiary/aromatic N) is 3. The van der Waals surface area contributed by atoms with Gasteiger partial charge >= 0.3 is 0 Å². The fraction of sp³-hybridized carbons (Fsp3) is 0.800. The minimum absolute atomic E-state index is 0.151. The second kappa shape index (κ2) is 7.79. The van der Waals surface area contributed by atoms with Gasteiger partial charge in [-0.25, -0.2) is 9.97 Å². The third-order valence-electron chi connectivity index (χ3n) is 6.25. The lowest BCUT2D eigenvalue weighted by Crippen LogP contribution is -2.47. The maximum Gasteiger partial charge on any atom is 0.132 e. The number of ether oxygens (including phenoxy) is 1. The molecule has 0 bridgehead atoms. The van der Waals surface area contributed by atoms with Gasteiger partial charge in [0.05, 0.1) is 12.2 Å². The van der Waals surface area contributed by atoms with E-state index in [1.165, 1.54) is 19.3 Å². The lowest BCUT2D eigenvalue weighted by molar-refractivity contribution is -0.0194. The van der Waals surface area contributed by atoms with Crippen LogP contribution in [0.5, 0.6) is 0 Å². The summed E-state index contributed by atoms with van der Waals surface area (Å²) in [6, 6.07) is 3.29. The summed E-state index contributed by atoms with van der Waals surface area (Å²) in [5, 5.41) is 7.34. The topological polar surface area (TPSA) is 62.3 Å². The molecule has 3 aliphatic rings. The summed E-state index contributed by atoms with van der Waals surface area (Å²) in [5.41, 5.74) is 1.29. The van der Waals surface area contributed by atoms with E-state index in [1.54, 1.807) is 0 Å². The van der Waals surface area contributed by atoms with Gasteiger partial charge < -0.3 is 20.3 Å². The Balaban J connectivity index is 1.28. The number of piperidine rings is 2. The van der Waals surface area contributed by atoms with Gasteiger partial charge in [0.15, 0.2) is 0 Å². The maximum absolute atomic E-state index is 6.23. The molecule has 0 aliphatic carbocycles. The average molecular weight is 360 g/mol. The summed E-state index contributed by atoms with van der Waals surface area (Å²) >= 11 is 0. The molecule has 26 heavy (non-hydrogen) atoms. The minimum Gasteiger partial charge on any atom is -0.373 e. The van der Waals surface area contributed by atoms with Gasteiger partial charge in [0.2, 0.25) is 0 Å². The first-order valence-electron chi connectivity index (χ1n) is 10.4. The van der Waals surface area contributed by atoms with E-state index >= 15 is 0 Å². The van der Waals surface area contributed by atoms with Crippen molar-refractivity contribution in [3.63, 3.8) is 0 Å². The molecule has 6 heteroatoms. The van der Waals surface area contributed by atoms with Crippen molar-refractivity contribution in [2.75, 3.05) is 37.7 Å². The molecule has 0 radical (unpaired) electrons. The van der Waals surface area contributed by atoms with Crippen LogP contribution in [-0.2, 0) is 11.2 Å². The predicted molar refractivity (Wildman–Crippen MR) is 104 cm³/mol. The molecular weight excluding hydrogens is 326 g/mol. The van der Waals surface area contributed by atoms with E-state index in [2.05, 4.69) is 38.5 Å². The van der Waals surface area contributed by atoms with Crippen molar-refractivity contribution in [2.24, 2.45) is 0 Å². The number of aryl methyl sites for hydroxylation is 2. The first kappa shape index (κ1) is 18.1. The Hall–Kier alpha value is -1.24. The zero-order chi connectivity index (χ0) is 18.0. The molecule has 1 aromatic heterocycles. The molecule has 1 spiro atoms. The summed E-state index contributed by atoms with van der Waals surface area (Å²) < 4.78 is 6.23. The van der Waals surface area contributed by atoms with Crippen molar-refractivity contribution in [1.82, 2.24) is 20.6 Å². The molecule has 0 aromatic carbocycles. The van der Waals surface area contributed by atoms with E-state index in [-0.39, 0.29) is 5.60 Å². The Kier molecular flexibility index (Phi) is 5.43. The second-order valence-electron chi connectivity index (χ2n) is 8.19. The Morgan fingerprint density at radius 2 is 2.00 bits per heavy atom. The van der Waals surface area contributed by atoms with Gasteiger partial charge in [0.1, 0.15) is 11.6 Å². The number of hydrogen-bond donors (Lipinski definition) is 2. The number of nitrogens with one attached hydrogen (secondary N) is 2. The van der Waals surface area contributed by atoms with Crippen LogP contribution in [0.25, 0.3) is 0 Å². The SMILES string of the molecule is CCc1cc(N2CCC(N[C@@H]3COC4(CCNCC4)C3)CC2)nc(C)n1. The fourth-order valence-corrected chi connectivity index (χ4v) is 4.75. The number of hydrogen-bond acceptors (Lipinski definition) is 6. The summed E-state index contributed by atoms with van der Waals surface area (Å²) in [6.45, 7) is 9.37. The predicted octanol–water partition coefficient (Wildman–Crippen LogP) is 1.82. The first-order valence-corrected chi connectivity index (χ1v) is 10.4. The van der Waals surface area contributed by atoms with Crippen LogP contribution in [0.4, 0.5) is 5.82 Å². The highest BCUT2D eigenvalue weighted by atomic mass is 16.5. The quantitative estimate of drug-likeness (QED) is 0.855. The van der Waals surface area contributed by atoms with Crippen LogP contribution < -0.4 is 15.5 Å². The van der Waals surface area contributed by atoms with Crippen LogP contribution in [0.3, 0.4) is 0 Å². The van der Waals surface area contributed by atoms with Crippen molar-refractivity contribution in [3.8, 4) is 0 Å². The Morgan fingerprint density at radius 1 is 1.23 bits per heavy atom. The van der Waals surface area contributed by atoms with Crippen LogP contribution in [0, 0.1) is 6.92 Å². The van der Waals surface area contributed by atoms with Crippen molar-refractivity contribution < 1.29 is 4.74 Å². The van der Waals surface area contributed by atoms with E-state index in [0.29, 0.717) is 12.1 Å². The molecule has 1 atom stereocenters. The molecule has 2 N–H and O–H groups in total. The van der Waals surface area contributed by atoms with Gasteiger partial charge in [0.25, 0.3) is 0 Å². The lowest BCUT2D eigenvalue weighted by Gasteiger charge is -2.35. The molecule has 0 unspecified atom stereocenters. The molecule has 4 heterocycles. The van der Waals surface area contributed by atoms with Gasteiger partial charge in [-0.2, -0.15) is 0 Å². The highest BCUT2D eigenvalue weighted by molar-refractivity contribution is 5.40. The Labute approximate surface area is 157 Å². The Morgan fingerprint density at radius 3 is 2.73 bits per heavy atom. The lowest BCUT2D eigenvalue weighted by atomic mass is 9.88. The van der Waals surface area contributed by atoms with E-state index in [4.69, 9.17) is 4.74 Å². The summed E-state index contributed by atoms with van der Waals surface area (Å²) in [7, 11) is 0. The standard InChI is InChI=1S/C20H33N5O/c1-3-16-12-19(23-15(2)22-16)25-10-4-17(5-11-25)24-18-13-20(26-14-18)6-8-21-9-7-20/h12,17-18,21,24H,3-11,13-14H2,1-2H3/t18-/m0/s1. The maximum atomic E-state index is 6.23. The molecule has 6 nitrogen and oxygen atoms in total. The van der Waals surface area contributed by atoms with Gasteiger partial charge in [-0.05, 0) is 58.5 Å². The van der Waals surface area contributed by atoms with Crippen LogP contribution in [0.15, 0.2) is 6.07 Å². The second-order valence-corrected chi connectivity index (χ2v) is 8.19. The van der Waals surface area contributed by atoms with E-state index in [9.17, 15) is 0 Å². The number of aromatic nitrogens is 2. The smallest absolute Gasteiger partial charge is 0.132 e. The molecule has 0 saturated carbocycles. The molecule has 4 rings (SSSR count). The molecular formula is C20H33N5O. The van der Waals surface area contributed by atoms with Crippen LogP contribution >= 0.6 is 0 Å². The van der Waals surface area contributed by atoms with E-state index in [1.807, 2.05) is 6.92 Å². The summed E-state index contributed by atoms with van der Waals surface area (Å²) in [5.74, 6) is 1.99. The third-order valence-corrected chi connectivity index (χ3v) is 6.25. The van der Waals surface area contributed by atoms with Crippen molar-refractivity contribution in [3.05, 3.63) is 17.6 Å². The molecule has 3 aliphatic heterocycles.